The summed E-state index contributed by atoms with van der Waals surface area (Å²) in [6, 6.07) is 2.70. The zero-order chi connectivity index (χ0) is 13.7. The van der Waals surface area contributed by atoms with Crippen molar-refractivity contribution in [1.82, 2.24) is 10.6 Å². The molecule has 0 aromatic carbocycles. The highest BCUT2D eigenvalue weighted by Crippen LogP contribution is 2.16. The van der Waals surface area contributed by atoms with E-state index < -0.39 is 18.0 Å². The molecule has 0 saturated carbocycles. The monoisotopic (exact) mass is 270 g/mol. The molecule has 0 spiro atoms. The first-order chi connectivity index (χ1) is 8.38. The Hall–Kier alpha value is -1.56. The third kappa shape index (κ3) is 4.75. The van der Waals surface area contributed by atoms with Gasteiger partial charge in [-0.3, -0.25) is 4.79 Å². The van der Waals surface area contributed by atoms with E-state index in [1.807, 2.05) is 26.0 Å². The molecule has 100 valence electrons. The number of nitrogens with one attached hydrogen (secondary N) is 2. The SMILES string of the molecule is Cc1ccc(CC(C)NC(=O)N[C@H](C)C(=O)O)s1. The van der Waals surface area contributed by atoms with Gasteiger partial charge in [-0.05, 0) is 32.9 Å². The first-order valence-corrected chi connectivity index (χ1v) is 6.55. The van der Waals surface area contributed by atoms with Crippen molar-refractivity contribution in [2.45, 2.75) is 39.3 Å². The van der Waals surface area contributed by atoms with Crippen LogP contribution in [0, 0.1) is 6.92 Å². The number of carboxylic acid groups (broad SMARTS) is 1. The molecule has 1 aromatic rings. The van der Waals surface area contributed by atoms with Gasteiger partial charge in [0, 0.05) is 22.2 Å². The number of hydrogen-bond donors (Lipinski definition) is 3. The molecule has 5 nitrogen and oxygen atoms in total. The Labute approximate surface area is 110 Å². The number of carbonyl (C=O) groups excluding carboxylic acids is 1. The fourth-order valence-electron chi connectivity index (χ4n) is 1.47. The van der Waals surface area contributed by atoms with E-state index in [9.17, 15) is 9.59 Å². The Balaban J connectivity index is 2.38. The molecule has 0 saturated heterocycles. The molecular formula is C12H18N2O3S. The van der Waals surface area contributed by atoms with Gasteiger partial charge in [-0.15, -0.1) is 11.3 Å². The molecule has 0 fully saturated rings. The molecule has 2 atom stereocenters. The molecule has 1 rings (SSSR count). The Bertz CT molecular complexity index is 431. The number of aryl methyl sites for hydroxylation is 1. The van der Waals surface area contributed by atoms with Gasteiger partial charge in [0.15, 0.2) is 0 Å². The van der Waals surface area contributed by atoms with Crippen LogP contribution in [0.5, 0.6) is 0 Å². The fraction of sp³-hybridized carbons (Fsp3) is 0.500. The van der Waals surface area contributed by atoms with Gasteiger partial charge in [0.05, 0.1) is 0 Å². The third-order valence-electron chi connectivity index (χ3n) is 2.40. The normalized spacial score (nSPS) is 13.7. The summed E-state index contributed by atoms with van der Waals surface area (Å²) in [5.41, 5.74) is 0. The molecule has 3 N–H and O–H groups in total. The average Bonchev–Trinajstić information content (AvgIpc) is 2.62. The summed E-state index contributed by atoms with van der Waals surface area (Å²) < 4.78 is 0. The lowest BCUT2D eigenvalue weighted by Crippen LogP contribution is -2.47. The third-order valence-corrected chi connectivity index (χ3v) is 3.42. The van der Waals surface area contributed by atoms with Crippen LogP contribution in [0.4, 0.5) is 4.79 Å². The lowest BCUT2D eigenvalue weighted by Gasteiger charge is -2.15. The highest BCUT2D eigenvalue weighted by Gasteiger charge is 2.15. The minimum absolute atomic E-state index is 0.0379. The summed E-state index contributed by atoms with van der Waals surface area (Å²) >= 11 is 1.70. The van der Waals surface area contributed by atoms with Crippen LogP contribution in [0.1, 0.15) is 23.6 Å². The number of aliphatic carboxylic acids is 1. The van der Waals surface area contributed by atoms with Gasteiger partial charge in [0.2, 0.25) is 0 Å². The van der Waals surface area contributed by atoms with Crippen molar-refractivity contribution in [2.75, 3.05) is 0 Å². The Morgan fingerprint density at radius 1 is 1.33 bits per heavy atom. The maximum atomic E-state index is 11.5. The molecule has 2 amide bonds. The summed E-state index contributed by atoms with van der Waals surface area (Å²) in [5, 5.41) is 13.7. The predicted octanol–water partition coefficient (Wildman–Crippen LogP) is 1.76. The van der Waals surface area contributed by atoms with Gasteiger partial charge in [0.1, 0.15) is 6.04 Å². The summed E-state index contributed by atoms with van der Waals surface area (Å²) in [6.07, 6.45) is 0.743. The van der Waals surface area contributed by atoms with Gasteiger partial charge in [-0.2, -0.15) is 0 Å². The van der Waals surface area contributed by atoms with Crippen molar-refractivity contribution in [3.05, 3.63) is 21.9 Å². The van der Waals surface area contributed by atoms with Crippen LogP contribution >= 0.6 is 11.3 Å². The van der Waals surface area contributed by atoms with Crippen LogP contribution in [0.15, 0.2) is 12.1 Å². The summed E-state index contributed by atoms with van der Waals surface area (Å²) in [4.78, 5) is 24.5. The van der Waals surface area contributed by atoms with Crippen LogP contribution < -0.4 is 10.6 Å². The molecule has 1 unspecified atom stereocenters. The van der Waals surface area contributed by atoms with E-state index in [4.69, 9.17) is 5.11 Å². The summed E-state index contributed by atoms with van der Waals surface area (Å²) in [5.74, 6) is -1.05. The molecule has 0 aliphatic heterocycles. The van der Waals surface area contributed by atoms with E-state index in [-0.39, 0.29) is 6.04 Å². The molecule has 6 heteroatoms. The largest absolute Gasteiger partial charge is 0.480 e. The highest BCUT2D eigenvalue weighted by atomic mass is 32.1. The highest BCUT2D eigenvalue weighted by molar-refractivity contribution is 7.11. The van der Waals surface area contributed by atoms with Crippen molar-refractivity contribution in [1.29, 1.82) is 0 Å². The minimum Gasteiger partial charge on any atom is -0.480 e. The number of urea groups is 1. The van der Waals surface area contributed by atoms with Crippen LogP contribution in [-0.4, -0.2) is 29.2 Å². The second kappa shape index (κ2) is 6.39. The van der Waals surface area contributed by atoms with Gasteiger partial charge in [-0.1, -0.05) is 0 Å². The number of carboxylic acids is 1. The first-order valence-electron chi connectivity index (χ1n) is 5.73. The van der Waals surface area contributed by atoms with Gasteiger partial charge < -0.3 is 15.7 Å². The number of carbonyl (C=O) groups is 2. The Morgan fingerprint density at radius 2 is 2.00 bits per heavy atom. The maximum absolute atomic E-state index is 11.5. The Morgan fingerprint density at radius 3 is 2.50 bits per heavy atom. The van der Waals surface area contributed by atoms with Crippen molar-refractivity contribution >= 4 is 23.3 Å². The first kappa shape index (κ1) is 14.5. The molecule has 0 radical (unpaired) electrons. The van der Waals surface area contributed by atoms with E-state index in [0.717, 1.165) is 6.42 Å². The lowest BCUT2D eigenvalue weighted by atomic mass is 10.2. The molecule has 0 bridgehead atoms. The second-order valence-corrected chi connectivity index (χ2v) is 5.67. The van der Waals surface area contributed by atoms with E-state index >= 15 is 0 Å². The topological polar surface area (TPSA) is 78.4 Å². The maximum Gasteiger partial charge on any atom is 0.325 e. The number of thiophene rings is 1. The van der Waals surface area contributed by atoms with Crippen LogP contribution in [0.3, 0.4) is 0 Å². The van der Waals surface area contributed by atoms with Crippen molar-refractivity contribution < 1.29 is 14.7 Å². The van der Waals surface area contributed by atoms with Crippen LogP contribution in [0.25, 0.3) is 0 Å². The molecule has 18 heavy (non-hydrogen) atoms. The second-order valence-electron chi connectivity index (χ2n) is 4.30. The minimum atomic E-state index is -1.05. The summed E-state index contributed by atoms with van der Waals surface area (Å²) in [7, 11) is 0. The molecule has 1 aromatic heterocycles. The zero-order valence-corrected chi connectivity index (χ0v) is 11.5. The molecule has 0 aliphatic carbocycles. The quantitative estimate of drug-likeness (QED) is 0.763. The van der Waals surface area contributed by atoms with Crippen molar-refractivity contribution in [2.24, 2.45) is 0 Å². The van der Waals surface area contributed by atoms with Gasteiger partial charge >= 0.3 is 12.0 Å². The lowest BCUT2D eigenvalue weighted by molar-refractivity contribution is -0.138. The molecule has 0 aliphatic rings. The van der Waals surface area contributed by atoms with E-state index in [2.05, 4.69) is 10.6 Å². The molecule has 1 heterocycles. The van der Waals surface area contributed by atoms with E-state index in [0.29, 0.717) is 0 Å². The van der Waals surface area contributed by atoms with Crippen LogP contribution in [-0.2, 0) is 11.2 Å². The standard InChI is InChI=1S/C12H18N2O3S/c1-7(6-10-5-4-8(2)18-10)13-12(17)14-9(3)11(15)16/h4-5,7,9H,6H2,1-3H3,(H,15,16)(H2,13,14,17)/t7?,9-/m1/s1. The van der Waals surface area contributed by atoms with Gasteiger partial charge in [-0.25, -0.2) is 4.79 Å². The van der Waals surface area contributed by atoms with E-state index in [1.165, 1.54) is 16.7 Å². The zero-order valence-electron chi connectivity index (χ0n) is 10.7. The fourth-order valence-corrected chi connectivity index (χ4v) is 2.49. The molecular weight excluding hydrogens is 252 g/mol. The van der Waals surface area contributed by atoms with E-state index in [1.54, 1.807) is 11.3 Å². The van der Waals surface area contributed by atoms with Crippen LogP contribution in [0.2, 0.25) is 0 Å². The smallest absolute Gasteiger partial charge is 0.325 e. The van der Waals surface area contributed by atoms with Gasteiger partial charge in [0.25, 0.3) is 0 Å². The predicted molar refractivity (Wildman–Crippen MR) is 71.0 cm³/mol. The number of rotatable bonds is 5. The van der Waals surface area contributed by atoms with Crippen molar-refractivity contribution in [3.8, 4) is 0 Å². The Kier molecular flexibility index (Phi) is 5.15. The van der Waals surface area contributed by atoms with Crippen molar-refractivity contribution in [3.63, 3.8) is 0 Å². The summed E-state index contributed by atoms with van der Waals surface area (Å²) in [6.45, 7) is 5.35. The average molecular weight is 270 g/mol. The number of amides is 2. The number of hydrogen-bond acceptors (Lipinski definition) is 3.